The number of piperidine rings is 1. The van der Waals surface area contributed by atoms with Crippen molar-refractivity contribution in [3.05, 3.63) is 56.7 Å². The lowest BCUT2D eigenvalue weighted by Crippen LogP contribution is -2.44. The van der Waals surface area contributed by atoms with Crippen LogP contribution < -0.4 is 10.9 Å². The Morgan fingerprint density at radius 2 is 2.06 bits per heavy atom. The number of amides is 2. The molecular weight excluding hydrogens is 431 g/mol. The molecule has 1 fully saturated rings. The highest BCUT2D eigenvalue weighted by atomic mass is 32.1. The number of hydrogen-bond acceptors (Lipinski definition) is 5. The average molecular weight is 457 g/mol. The molecule has 0 bridgehead atoms. The van der Waals surface area contributed by atoms with Crippen LogP contribution in [-0.4, -0.2) is 38.9 Å². The first kappa shape index (κ1) is 22.1. The molecule has 1 aromatic carbocycles. The van der Waals surface area contributed by atoms with Gasteiger partial charge in [-0.2, -0.15) is 0 Å². The Morgan fingerprint density at radius 3 is 2.78 bits per heavy atom. The second-order valence-corrected chi connectivity index (χ2v) is 9.26. The molecule has 2 amide bonds. The van der Waals surface area contributed by atoms with Crippen molar-refractivity contribution in [2.45, 2.75) is 52.6 Å². The zero-order valence-corrected chi connectivity index (χ0v) is 19.1. The van der Waals surface area contributed by atoms with Crippen LogP contribution in [0.5, 0.6) is 0 Å². The predicted octanol–water partition coefficient (Wildman–Crippen LogP) is 3.87. The lowest BCUT2D eigenvalue weighted by atomic mass is 10.0. The molecule has 1 saturated heterocycles. The molecule has 0 radical (unpaired) electrons. The Labute approximate surface area is 188 Å². The second-order valence-electron chi connectivity index (χ2n) is 8.26. The Bertz CT molecular complexity index is 1270. The van der Waals surface area contributed by atoms with Gasteiger partial charge in [0.25, 0.3) is 11.5 Å². The molecule has 1 N–H and O–H groups in total. The number of carbonyl (C=O) groups excluding carboxylic acids is 2. The maximum Gasteiger partial charge on any atom is 0.266 e. The van der Waals surface area contributed by atoms with Crippen molar-refractivity contribution < 1.29 is 14.0 Å². The van der Waals surface area contributed by atoms with Gasteiger partial charge in [0.2, 0.25) is 5.91 Å². The normalized spacial score (nSPS) is 16.4. The third-order valence-electron chi connectivity index (χ3n) is 5.98. The summed E-state index contributed by atoms with van der Waals surface area (Å²) < 4.78 is 15.1. The molecular formula is C23H25FN4O3S. The molecule has 0 saturated carbocycles. The lowest BCUT2D eigenvalue weighted by molar-refractivity contribution is -0.135. The van der Waals surface area contributed by atoms with Gasteiger partial charge in [-0.3, -0.25) is 19.0 Å². The minimum Gasteiger partial charge on any atom is -0.338 e. The van der Waals surface area contributed by atoms with Crippen LogP contribution >= 0.6 is 11.3 Å². The highest BCUT2D eigenvalue weighted by Gasteiger charge is 2.25. The van der Waals surface area contributed by atoms with Gasteiger partial charge in [-0.25, -0.2) is 9.37 Å². The number of fused-ring (bicyclic) bond motifs is 1. The fraction of sp³-hybridized carbons (Fsp3) is 0.391. The summed E-state index contributed by atoms with van der Waals surface area (Å²) >= 11 is 1.10. The van der Waals surface area contributed by atoms with Crippen LogP contribution in [0.2, 0.25) is 0 Å². The van der Waals surface area contributed by atoms with Gasteiger partial charge in [-0.05, 0) is 63.3 Å². The van der Waals surface area contributed by atoms with E-state index in [0.717, 1.165) is 30.6 Å². The van der Waals surface area contributed by atoms with Crippen LogP contribution in [0.15, 0.2) is 29.3 Å². The van der Waals surface area contributed by atoms with Crippen LogP contribution in [0.4, 0.5) is 10.1 Å². The van der Waals surface area contributed by atoms with E-state index in [9.17, 15) is 18.8 Å². The van der Waals surface area contributed by atoms with E-state index >= 15 is 0 Å². The summed E-state index contributed by atoms with van der Waals surface area (Å²) in [5.41, 5.74) is 0.976. The molecule has 1 aliphatic rings. The van der Waals surface area contributed by atoms with Gasteiger partial charge >= 0.3 is 0 Å². The number of hydrogen-bond donors (Lipinski definition) is 1. The highest BCUT2D eigenvalue weighted by Crippen LogP contribution is 2.28. The van der Waals surface area contributed by atoms with Gasteiger partial charge < -0.3 is 10.2 Å². The number of nitrogens with zero attached hydrogens (tertiary/aromatic N) is 3. The van der Waals surface area contributed by atoms with E-state index in [4.69, 9.17) is 0 Å². The van der Waals surface area contributed by atoms with Crippen LogP contribution in [-0.2, 0) is 11.3 Å². The molecule has 32 heavy (non-hydrogen) atoms. The Balaban J connectivity index is 1.60. The molecule has 1 unspecified atom stereocenters. The predicted molar refractivity (Wildman–Crippen MR) is 123 cm³/mol. The van der Waals surface area contributed by atoms with Crippen LogP contribution in [0.3, 0.4) is 0 Å². The third kappa shape index (κ3) is 4.17. The molecule has 3 heterocycles. The topological polar surface area (TPSA) is 84.3 Å². The summed E-state index contributed by atoms with van der Waals surface area (Å²) in [6.07, 6.45) is 4.40. The summed E-state index contributed by atoms with van der Waals surface area (Å²) in [6, 6.07) is 4.63. The number of thiophene rings is 1. The summed E-state index contributed by atoms with van der Waals surface area (Å²) in [4.78, 5) is 45.6. The fourth-order valence-corrected chi connectivity index (χ4v) is 5.09. The second kappa shape index (κ2) is 8.82. The van der Waals surface area contributed by atoms with Gasteiger partial charge in [0, 0.05) is 18.3 Å². The largest absolute Gasteiger partial charge is 0.338 e. The van der Waals surface area contributed by atoms with Crippen molar-refractivity contribution in [1.29, 1.82) is 0 Å². The maximum absolute atomic E-state index is 13.8. The quantitative estimate of drug-likeness (QED) is 0.646. The summed E-state index contributed by atoms with van der Waals surface area (Å²) in [7, 11) is 0. The molecule has 168 valence electrons. The van der Waals surface area contributed by atoms with Crippen molar-refractivity contribution in [2.75, 3.05) is 11.9 Å². The van der Waals surface area contributed by atoms with Gasteiger partial charge in [0.05, 0.1) is 16.6 Å². The van der Waals surface area contributed by atoms with Crippen LogP contribution in [0, 0.1) is 19.7 Å². The summed E-state index contributed by atoms with van der Waals surface area (Å²) in [5.74, 6) is -0.946. The molecule has 4 rings (SSSR count). The van der Waals surface area contributed by atoms with E-state index in [1.54, 1.807) is 26.0 Å². The number of rotatable bonds is 4. The van der Waals surface area contributed by atoms with Crippen molar-refractivity contribution in [1.82, 2.24) is 14.5 Å². The van der Waals surface area contributed by atoms with Crippen molar-refractivity contribution in [2.24, 2.45) is 0 Å². The van der Waals surface area contributed by atoms with E-state index in [0.29, 0.717) is 38.5 Å². The number of halogens is 1. The number of likely N-dealkylation sites (tertiary alicyclic amines) is 1. The van der Waals surface area contributed by atoms with E-state index in [1.165, 1.54) is 17.0 Å². The van der Waals surface area contributed by atoms with Crippen molar-refractivity contribution >= 4 is 39.1 Å². The first-order valence-corrected chi connectivity index (χ1v) is 11.4. The molecule has 2 aromatic heterocycles. The van der Waals surface area contributed by atoms with Crippen molar-refractivity contribution in [3.8, 4) is 0 Å². The molecule has 0 aliphatic carbocycles. The SMILES string of the molecule is Cc1ccc(NC(=O)c2sc3ncn(CC(=O)N4CCCCC4C)c(=O)c3c2C)cc1F. The number of anilines is 1. The first-order valence-electron chi connectivity index (χ1n) is 10.6. The number of aromatic nitrogens is 2. The highest BCUT2D eigenvalue weighted by molar-refractivity contribution is 7.20. The van der Waals surface area contributed by atoms with E-state index in [1.807, 2.05) is 11.8 Å². The maximum atomic E-state index is 13.8. The zero-order valence-electron chi connectivity index (χ0n) is 18.3. The Kier molecular flexibility index (Phi) is 6.10. The number of benzene rings is 1. The number of carbonyl (C=O) groups is 2. The molecule has 0 spiro atoms. The van der Waals surface area contributed by atoms with Gasteiger partial charge in [-0.1, -0.05) is 6.07 Å². The molecule has 7 nitrogen and oxygen atoms in total. The molecule has 1 atom stereocenters. The summed E-state index contributed by atoms with van der Waals surface area (Å²) in [5, 5.41) is 3.01. The third-order valence-corrected chi connectivity index (χ3v) is 7.18. The van der Waals surface area contributed by atoms with Gasteiger partial charge in [-0.15, -0.1) is 11.3 Å². The van der Waals surface area contributed by atoms with Crippen LogP contribution in [0.1, 0.15) is 47.0 Å². The van der Waals surface area contributed by atoms with Gasteiger partial charge in [0.15, 0.2) is 0 Å². The lowest BCUT2D eigenvalue weighted by Gasteiger charge is -2.33. The first-order chi connectivity index (χ1) is 15.3. The monoisotopic (exact) mass is 456 g/mol. The number of aryl methyl sites for hydroxylation is 2. The van der Waals surface area contributed by atoms with Crippen molar-refractivity contribution in [3.63, 3.8) is 0 Å². The standard InChI is InChI=1S/C23H25FN4O3S/c1-13-7-8-16(10-17(13)24)26-21(30)20-15(3)19-22(32-20)25-12-27(23(19)31)11-18(29)28-9-5-4-6-14(28)2/h7-8,10,12,14H,4-6,9,11H2,1-3H3,(H,26,30). The average Bonchev–Trinajstić information content (AvgIpc) is 3.10. The molecule has 3 aromatic rings. The minimum absolute atomic E-state index is 0.0778. The number of nitrogens with one attached hydrogen (secondary N) is 1. The zero-order chi connectivity index (χ0) is 23.0. The molecule has 1 aliphatic heterocycles. The van der Waals surface area contributed by atoms with Gasteiger partial charge in [0.1, 0.15) is 17.2 Å². The molecule has 9 heteroatoms. The fourth-order valence-electron chi connectivity index (χ4n) is 4.05. The van der Waals surface area contributed by atoms with E-state index < -0.39 is 11.7 Å². The van der Waals surface area contributed by atoms with E-state index in [-0.39, 0.29) is 24.1 Å². The Hall–Kier alpha value is -3.07. The summed E-state index contributed by atoms with van der Waals surface area (Å²) in [6.45, 7) is 5.97. The minimum atomic E-state index is -0.432. The Morgan fingerprint density at radius 1 is 1.28 bits per heavy atom. The van der Waals surface area contributed by atoms with Crippen LogP contribution in [0.25, 0.3) is 10.2 Å². The smallest absolute Gasteiger partial charge is 0.266 e. The van der Waals surface area contributed by atoms with E-state index in [2.05, 4.69) is 10.3 Å².